The normalized spacial score (nSPS) is 23.9. The summed E-state index contributed by atoms with van der Waals surface area (Å²) in [6, 6.07) is 10.3. The van der Waals surface area contributed by atoms with Gasteiger partial charge in [0.1, 0.15) is 0 Å². The van der Waals surface area contributed by atoms with Crippen LogP contribution < -0.4 is 5.73 Å². The fourth-order valence-corrected chi connectivity index (χ4v) is 3.43. The van der Waals surface area contributed by atoms with Crippen LogP contribution in [0.25, 0.3) is 0 Å². The van der Waals surface area contributed by atoms with E-state index in [1.165, 1.54) is 5.56 Å². The van der Waals surface area contributed by atoms with Crippen LogP contribution in [0.2, 0.25) is 0 Å². The molecule has 1 aliphatic heterocycles. The van der Waals surface area contributed by atoms with E-state index in [4.69, 9.17) is 5.73 Å². The first-order valence-electron chi connectivity index (χ1n) is 7.18. The van der Waals surface area contributed by atoms with Crippen LogP contribution in [0.4, 0.5) is 0 Å². The van der Waals surface area contributed by atoms with Crippen molar-refractivity contribution in [1.29, 1.82) is 0 Å². The van der Waals surface area contributed by atoms with Crippen molar-refractivity contribution in [1.82, 2.24) is 4.90 Å². The number of hydrogen-bond acceptors (Lipinski definition) is 3. The van der Waals surface area contributed by atoms with Crippen molar-refractivity contribution >= 4 is 17.7 Å². The van der Waals surface area contributed by atoms with Crippen molar-refractivity contribution in [2.24, 2.45) is 11.1 Å². The van der Waals surface area contributed by atoms with Crippen molar-refractivity contribution in [3.05, 3.63) is 35.9 Å². The lowest BCUT2D eigenvalue weighted by atomic mass is 9.90. The zero-order valence-electron chi connectivity index (χ0n) is 12.3. The lowest BCUT2D eigenvalue weighted by molar-refractivity contribution is -0.129. The summed E-state index contributed by atoms with van der Waals surface area (Å²) in [7, 11) is 0. The average molecular weight is 292 g/mol. The van der Waals surface area contributed by atoms with E-state index in [1.807, 2.05) is 30.0 Å². The summed E-state index contributed by atoms with van der Waals surface area (Å²) < 4.78 is 0. The molecule has 1 aromatic carbocycles. The quantitative estimate of drug-likeness (QED) is 0.907. The standard InChI is InChI=1S/C16H24N2OS/c1-13(20-10-14-6-4-3-5-7-14)15(19)18-9-8-16(2,11-17)12-18/h3-7,13H,8-12,17H2,1-2H3. The molecule has 1 saturated heterocycles. The zero-order chi connectivity index (χ0) is 14.6. The number of thioether (sulfide) groups is 1. The van der Waals surface area contributed by atoms with E-state index in [9.17, 15) is 4.79 Å². The maximum atomic E-state index is 12.4. The van der Waals surface area contributed by atoms with Crippen LogP contribution in [0.1, 0.15) is 25.8 Å². The Balaban J connectivity index is 1.84. The highest BCUT2D eigenvalue weighted by molar-refractivity contribution is 7.99. The second-order valence-corrected chi connectivity index (χ2v) is 7.29. The molecule has 0 spiro atoms. The summed E-state index contributed by atoms with van der Waals surface area (Å²) in [6.07, 6.45) is 1.02. The van der Waals surface area contributed by atoms with E-state index in [-0.39, 0.29) is 16.6 Å². The van der Waals surface area contributed by atoms with Gasteiger partial charge in [0, 0.05) is 18.8 Å². The highest BCUT2D eigenvalue weighted by Gasteiger charge is 2.36. The van der Waals surface area contributed by atoms with Gasteiger partial charge < -0.3 is 10.6 Å². The summed E-state index contributed by atoms with van der Waals surface area (Å²) >= 11 is 1.71. The number of rotatable bonds is 5. The smallest absolute Gasteiger partial charge is 0.235 e. The van der Waals surface area contributed by atoms with Gasteiger partial charge in [0.15, 0.2) is 0 Å². The molecule has 3 nitrogen and oxygen atoms in total. The summed E-state index contributed by atoms with van der Waals surface area (Å²) in [4.78, 5) is 14.4. The molecule has 2 rings (SSSR count). The summed E-state index contributed by atoms with van der Waals surface area (Å²) in [5.41, 5.74) is 7.18. The molecule has 0 bridgehead atoms. The maximum Gasteiger partial charge on any atom is 0.235 e. The third-order valence-electron chi connectivity index (χ3n) is 4.05. The largest absolute Gasteiger partial charge is 0.341 e. The highest BCUT2D eigenvalue weighted by Crippen LogP contribution is 2.30. The molecule has 20 heavy (non-hydrogen) atoms. The monoisotopic (exact) mass is 292 g/mol. The number of nitrogens with zero attached hydrogens (tertiary/aromatic N) is 1. The van der Waals surface area contributed by atoms with Crippen LogP contribution in [0.5, 0.6) is 0 Å². The molecular formula is C16H24N2OS. The first kappa shape index (κ1) is 15.4. The lowest BCUT2D eigenvalue weighted by Gasteiger charge is -2.24. The van der Waals surface area contributed by atoms with E-state index in [1.54, 1.807) is 11.8 Å². The van der Waals surface area contributed by atoms with Crippen LogP contribution in [-0.2, 0) is 10.5 Å². The predicted molar refractivity (Wildman–Crippen MR) is 85.6 cm³/mol. The van der Waals surface area contributed by atoms with Crippen molar-refractivity contribution in [3.63, 3.8) is 0 Å². The minimum absolute atomic E-state index is 0.00957. The first-order chi connectivity index (χ1) is 9.54. The van der Waals surface area contributed by atoms with E-state index < -0.39 is 0 Å². The predicted octanol–water partition coefficient (Wildman–Crippen LogP) is 2.51. The summed E-state index contributed by atoms with van der Waals surface area (Å²) in [5, 5.41) is 0.00957. The van der Waals surface area contributed by atoms with Crippen LogP contribution >= 0.6 is 11.8 Å². The molecule has 4 heteroatoms. The van der Waals surface area contributed by atoms with Gasteiger partial charge in [-0.05, 0) is 30.9 Å². The fraction of sp³-hybridized carbons (Fsp3) is 0.562. The molecule has 0 aromatic heterocycles. The maximum absolute atomic E-state index is 12.4. The van der Waals surface area contributed by atoms with Gasteiger partial charge in [-0.3, -0.25) is 4.79 Å². The zero-order valence-corrected chi connectivity index (χ0v) is 13.2. The summed E-state index contributed by atoms with van der Waals surface area (Å²) in [6.45, 7) is 6.49. The van der Waals surface area contributed by atoms with E-state index in [0.29, 0.717) is 6.54 Å². The Morgan fingerprint density at radius 2 is 2.15 bits per heavy atom. The van der Waals surface area contributed by atoms with Gasteiger partial charge in [-0.25, -0.2) is 0 Å². The first-order valence-corrected chi connectivity index (χ1v) is 8.23. The van der Waals surface area contributed by atoms with Gasteiger partial charge in [-0.15, -0.1) is 11.8 Å². The topological polar surface area (TPSA) is 46.3 Å². The summed E-state index contributed by atoms with van der Waals surface area (Å²) in [5.74, 6) is 1.14. The molecule has 1 heterocycles. The van der Waals surface area contributed by atoms with Gasteiger partial charge in [-0.2, -0.15) is 0 Å². The van der Waals surface area contributed by atoms with Crippen molar-refractivity contribution < 1.29 is 4.79 Å². The van der Waals surface area contributed by atoms with E-state index in [2.05, 4.69) is 19.1 Å². The number of hydrogen-bond donors (Lipinski definition) is 1. The van der Waals surface area contributed by atoms with Crippen molar-refractivity contribution in [3.8, 4) is 0 Å². The Morgan fingerprint density at radius 1 is 1.45 bits per heavy atom. The van der Waals surface area contributed by atoms with Crippen molar-refractivity contribution in [2.45, 2.75) is 31.3 Å². The van der Waals surface area contributed by atoms with E-state index in [0.717, 1.165) is 25.3 Å². The van der Waals surface area contributed by atoms with Crippen LogP contribution in [-0.4, -0.2) is 35.7 Å². The minimum Gasteiger partial charge on any atom is -0.341 e. The fourth-order valence-electron chi connectivity index (χ4n) is 2.50. The lowest BCUT2D eigenvalue weighted by Crippen LogP contribution is -2.38. The van der Waals surface area contributed by atoms with Crippen LogP contribution in [0, 0.1) is 5.41 Å². The molecule has 0 aliphatic carbocycles. The highest BCUT2D eigenvalue weighted by atomic mass is 32.2. The van der Waals surface area contributed by atoms with Crippen LogP contribution in [0.3, 0.4) is 0 Å². The third-order valence-corrected chi connectivity index (χ3v) is 5.25. The molecule has 0 radical (unpaired) electrons. The molecule has 2 N–H and O–H groups in total. The van der Waals surface area contributed by atoms with Gasteiger partial charge in [0.2, 0.25) is 5.91 Å². The molecule has 1 aromatic rings. The Bertz CT molecular complexity index is 451. The number of nitrogens with two attached hydrogens (primary N) is 1. The van der Waals surface area contributed by atoms with Crippen LogP contribution in [0.15, 0.2) is 30.3 Å². The molecule has 0 saturated carbocycles. The number of carbonyl (C=O) groups is 1. The van der Waals surface area contributed by atoms with Gasteiger partial charge in [0.05, 0.1) is 5.25 Å². The Hall–Kier alpha value is -1.00. The van der Waals surface area contributed by atoms with E-state index >= 15 is 0 Å². The number of benzene rings is 1. The number of likely N-dealkylation sites (tertiary alicyclic amines) is 1. The third kappa shape index (κ3) is 3.76. The molecular weight excluding hydrogens is 268 g/mol. The number of carbonyl (C=O) groups excluding carboxylic acids is 1. The van der Waals surface area contributed by atoms with Gasteiger partial charge in [0.25, 0.3) is 0 Å². The van der Waals surface area contributed by atoms with Gasteiger partial charge in [-0.1, -0.05) is 37.3 Å². The van der Waals surface area contributed by atoms with Gasteiger partial charge >= 0.3 is 0 Å². The van der Waals surface area contributed by atoms with Crippen molar-refractivity contribution in [2.75, 3.05) is 19.6 Å². The molecule has 1 amide bonds. The molecule has 2 atom stereocenters. The molecule has 2 unspecified atom stereocenters. The molecule has 110 valence electrons. The molecule has 1 aliphatic rings. The minimum atomic E-state index is 0.00957. The Kier molecular flexibility index (Phi) is 5.11. The molecule has 1 fully saturated rings. The second-order valence-electron chi connectivity index (χ2n) is 5.96. The number of amides is 1. The average Bonchev–Trinajstić information content (AvgIpc) is 2.88. The Labute approximate surface area is 125 Å². The Morgan fingerprint density at radius 3 is 2.75 bits per heavy atom. The second kappa shape index (κ2) is 6.64. The SMILES string of the molecule is CC(SCc1ccccc1)C(=O)N1CCC(C)(CN)C1.